The molecule has 1 aromatic carbocycles. The van der Waals surface area contributed by atoms with Gasteiger partial charge in [0, 0.05) is 10.4 Å². The topological polar surface area (TPSA) is 40.2 Å². The lowest BCUT2D eigenvalue weighted by atomic mass is 9.78. The van der Waals surface area contributed by atoms with Gasteiger partial charge in [0.1, 0.15) is 24.8 Å². The molecule has 3 rings (SSSR count). The lowest BCUT2D eigenvalue weighted by Crippen LogP contribution is -2.49. The number of benzene rings is 1. The first-order chi connectivity index (χ1) is 9.14. The Hall–Kier alpha value is -0.810. The molecule has 1 atom stereocenters. The van der Waals surface area contributed by atoms with E-state index in [0.717, 1.165) is 5.75 Å². The highest BCUT2D eigenvalue weighted by molar-refractivity contribution is 6.30. The first-order valence-electron chi connectivity index (χ1n) is 6.31. The number of epoxide rings is 1. The van der Waals surface area contributed by atoms with Gasteiger partial charge in [0.2, 0.25) is 0 Å². The van der Waals surface area contributed by atoms with E-state index in [1.54, 1.807) is 0 Å². The van der Waals surface area contributed by atoms with Crippen molar-refractivity contribution in [2.75, 3.05) is 33.2 Å². The van der Waals surface area contributed by atoms with Crippen molar-refractivity contribution >= 4 is 11.6 Å². The van der Waals surface area contributed by atoms with Crippen molar-refractivity contribution in [3.05, 3.63) is 29.3 Å². The van der Waals surface area contributed by atoms with Crippen molar-refractivity contribution in [2.45, 2.75) is 12.5 Å². The second kappa shape index (κ2) is 4.94. The van der Waals surface area contributed by atoms with Crippen LogP contribution in [0.2, 0.25) is 5.02 Å². The van der Waals surface area contributed by atoms with Crippen molar-refractivity contribution in [2.24, 2.45) is 5.41 Å². The van der Waals surface area contributed by atoms with Crippen LogP contribution in [0, 0.1) is 5.41 Å². The van der Waals surface area contributed by atoms with Crippen LogP contribution < -0.4 is 4.74 Å². The summed E-state index contributed by atoms with van der Waals surface area (Å²) in [5.74, 6) is 0.792. The SMILES string of the molecule is CC1([C@]2(COc3ccc(Cl)cc3)CO2)COCOC1. The molecule has 1 aromatic rings. The third-order valence-corrected chi connectivity index (χ3v) is 4.14. The largest absolute Gasteiger partial charge is 0.490 e. The zero-order valence-electron chi connectivity index (χ0n) is 10.9. The van der Waals surface area contributed by atoms with Crippen LogP contribution >= 0.6 is 11.6 Å². The molecule has 0 spiro atoms. The maximum Gasteiger partial charge on any atom is 0.146 e. The molecule has 2 fully saturated rings. The van der Waals surface area contributed by atoms with Crippen molar-refractivity contribution in [3.8, 4) is 5.75 Å². The van der Waals surface area contributed by atoms with Gasteiger partial charge in [-0.05, 0) is 24.3 Å². The molecular weight excluding hydrogens is 268 g/mol. The van der Waals surface area contributed by atoms with Gasteiger partial charge in [0.05, 0.1) is 19.8 Å². The normalized spacial score (nSPS) is 28.9. The van der Waals surface area contributed by atoms with Crippen molar-refractivity contribution in [1.82, 2.24) is 0 Å². The lowest BCUT2D eigenvalue weighted by molar-refractivity contribution is -0.182. The van der Waals surface area contributed by atoms with E-state index in [-0.39, 0.29) is 11.0 Å². The molecule has 0 saturated carbocycles. The molecule has 0 N–H and O–H groups in total. The van der Waals surface area contributed by atoms with Crippen LogP contribution in [0.4, 0.5) is 0 Å². The van der Waals surface area contributed by atoms with Crippen LogP contribution in [0.5, 0.6) is 5.75 Å². The minimum absolute atomic E-state index is 0.155. The average Bonchev–Trinajstić information content (AvgIpc) is 3.21. The molecule has 0 amide bonds. The predicted molar refractivity (Wildman–Crippen MR) is 70.5 cm³/mol. The minimum Gasteiger partial charge on any atom is -0.490 e. The fourth-order valence-electron chi connectivity index (χ4n) is 2.32. The summed E-state index contributed by atoms with van der Waals surface area (Å²) in [7, 11) is 0. The number of hydrogen-bond donors (Lipinski definition) is 0. The molecule has 104 valence electrons. The molecule has 5 heteroatoms. The van der Waals surface area contributed by atoms with Crippen LogP contribution in [-0.4, -0.2) is 38.8 Å². The van der Waals surface area contributed by atoms with E-state index < -0.39 is 0 Å². The van der Waals surface area contributed by atoms with E-state index >= 15 is 0 Å². The highest BCUT2D eigenvalue weighted by Gasteiger charge is 2.61. The molecule has 0 aromatic heterocycles. The number of rotatable bonds is 4. The minimum atomic E-state index is -0.299. The molecule has 2 saturated heterocycles. The quantitative estimate of drug-likeness (QED) is 0.797. The molecule has 2 aliphatic rings. The van der Waals surface area contributed by atoms with Gasteiger partial charge < -0.3 is 18.9 Å². The van der Waals surface area contributed by atoms with Gasteiger partial charge in [-0.1, -0.05) is 18.5 Å². The van der Waals surface area contributed by atoms with Gasteiger partial charge in [-0.25, -0.2) is 0 Å². The van der Waals surface area contributed by atoms with Gasteiger partial charge in [0.15, 0.2) is 0 Å². The molecule has 0 aliphatic carbocycles. The van der Waals surface area contributed by atoms with Crippen LogP contribution in [0.25, 0.3) is 0 Å². The number of ether oxygens (including phenoxy) is 4. The molecule has 2 aliphatic heterocycles. The Labute approximate surface area is 117 Å². The van der Waals surface area contributed by atoms with Gasteiger partial charge in [-0.2, -0.15) is 0 Å². The molecular formula is C14H17ClO4. The predicted octanol–water partition coefficient (Wildman–Crippen LogP) is 2.50. The monoisotopic (exact) mass is 284 g/mol. The Kier molecular flexibility index (Phi) is 3.43. The van der Waals surface area contributed by atoms with Gasteiger partial charge >= 0.3 is 0 Å². The summed E-state index contributed by atoms with van der Waals surface area (Å²) >= 11 is 5.84. The molecule has 0 bridgehead atoms. The van der Waals surface area contributed by atoms with E-state index in [0.29, 0.717) is 38.2 Å². The van der Waals surface area contributed by atoms with Crippen molar-refractivity contribution in [1.29, 1.82) is 0 Å². The number of hydrogen-bond acceptors (Lipinski definition) is 4. The molecule has 0 unspecified atom stereocenters. The molecule has 19 heavy (non-hydrogen) atoms. The summed E-state index contributed by atoms with van der Waals surface area (Å²) in [6.07, 6.45) is 0. The highest BCUT2D eigenvalue weighted by Crippen LogP contribution is 2.46. The second-order valence-electron chi connectivity index (χ2n) is 5.40. The average molecular weight is 285 g/mol. The van der Waals surface area contributed by atoms with Crippen molar-refractivity contribution in [3.63, 3.8) is 0 Å². The first-order valence-corrected chi connectivity index (χ1v) is 6.69. The zero-order chi connectivity index (χ0) is 13.3. The van der Waals surface area contributed by atoms with E-state index in [9.17, 15) is 0 Å². The standard InChI is InChI=1S/C14H17ClO4/c1-13(6-16-10-17-7-13)14(9-19-14)8-18-12-4-2-11(15)3-5-12/h2-5H,6-10H2,1H3/t14-/m0/s1. The lowest BCUT2D eigenvalue weighted by Gasteiger charge is -2.37. The van der Waals surface area contributed by atoms with E-state index in [4.69, 9.17) is 30.5 Å². The third kappa shape index (κ3) is 2.58. The Morgan fingerprint density at radius 3 is 2.37 bits per heavy atom. The van der Waals surface area contributed by atoms with Crippen LogP contribution in [0.1, 0.15) is 6.92 Å². The maximum atomic E-state index is 5.84. The molecule has 0 radical (unpaired) electrons. The van der Waals surface area contributed by atoms with Gasteiger partial charge in [-0.15, -0.1) is 0 Å². The van der Waals surface area contributed by atoms with E-state index in [1.165, 1.54) is 0 Å². The summed E-state index contributed by atoms with van der Waals surface area (Å²) in [5, 5.41) is 0.700. The molecule has 4 nitrogen and oxygen atoms in total. The van der Waals surface area contributed by atoms with Crippen LogP contribution in [0.3, 0.4) is 0 Å². The first kappa shape index (κ1) is 13.2. The summed E-state index contributed by atoms with van der Waals surface area (Å²) < 4.78 is 22.3. The smallest absolute Gasteiger partial charge is 0.146 e. The highest BCUT2D eigenvalue weighted by atomic mass is 35.5. The Morgan fingerprint density at radius 1 is 1.16 bits per heavy atom. The summed E-state index contributed by atoms with van der Waals surface area (Å²) in [6.45, 7) is 4.93. The second-order valence-corrected chi connectivity index (χ2v) is 5.84. The molecule has 2 heterocycles. The zero-order valence-corrected chi connectivity index (χ0v) is 11.6. The van der Waals surface area contributed by atoms with Crippen molar-refractivity contribution < 1.29 is 18.9 Å². The third-order valence-electron chi connectivity index (χ3n) is 3.89. The van der Waals surface area contributed by atoms with Gasteiger partial charge in [-0.3, -0.25) is 0 Å². The fourth-order valence-corrected chi connectivity index (χ4v) is 2.45. The van der Waals surface area contributed by atoms with Gasteiger partial charge in [0.25, 0.3) is 0 Å². The number of halogens is 1. The Bertz CT molecular complexity index is 435. The van der Waals surface area contributed by atoms with E-state index in [2.05, 4.69) is 6.92 Å². The Morgan fingerprint density at radius 2 is 1.79 bits per heavy atom. The fraction of sp³-hybridized carbons (Fsp3) is 0.571. The summed E-state index contributed by atoms with van der Waals surface area (Å²) in [4.78, 5) is 0. The Balaban J connectivity index is 1.64. The maximum absolute atomic E-state index is 5.84. The summed E-state index contributed by atoms with van der Waals surface area (Å²) in [5.41, 5.74) is -0.454. The van der Waals surface area contributed by atoms with Crippen LogP contribution in [0.15, 0.2) is 24.3 Å². The van der Waals surface area contributed by atoms with E-state index in [1.807, 2.05) is 24.3 Å². The van der Waals surface area contributed by atoms with Crippen LogP contribution in [-0.2, 0) is 14.2 Å². The summed E-state index contributed by atoms with van der Waals surface area (Å²) in [6, 6.07) is 7.33.